The van der Waals surface area contributed by atoms with Gasteiger partial charge in [0.2, 0.25) is 0 Å². The van der Waals surface area contributed by atoms with Gasteiger partial charge < -0.3 is 0 Å². The number of benzene rings is 1. The van der Waals surface area contributed by atoms with Gasteiger partial charge in [-0.15, -0.1) is 0 Å². The minimum absolute atomic E-state index is 0.182. The third-order valence-electron chi connectivity index (χ3n) is 2.18. The van der Waals surface area contributed by atoms with Crippen molar-refractivity contribution in [1.29, 1.82) is 0 Å². The van der Waals surface area contributed by atoms with Gasteiger partial charge in [0.1, 0.15) is 0 Å². The molecule has 0 fully saturated rings. The van der Waals surface area contributed by atoms with E-state index < -0.39 is 0 Å². The summed E-state index contributed by atoms with van der Waals surface area (Å²) in [5, 5.41) is 10.6. The number of non-ortho nitro benzene ring substituents is 1. The average molecular weight is 258 g/mol. The van der Waals surface area contributed by atoms with Crippen LogP contribution in [-0.4, -0.2) is 4.92 Å². The molecule has 1 aromatic carbocycles. The van der Waals surface area contributed by atoms with Crippen molar-refractivity contribution in [2.24, 2.45) is 0 Å². The lowest BCUT2D eigenvalue weighted by atomic mass is 10.1. The lowest BCUT2D eigenvalue weighted by molar-refractivity contribution is -0.385. The van der Waals surface area contributed by atoms with Crippen LogP contribution in [0.2, 0.25) is 0 Å². The zero-order valence-corrected chi connectivity index (χ0v) is 9.80. The van der Waals surface area contributed by atoms with Crippen LogP contribution in [0.15, 0.2) is 16.6 Å². The van der Waals surface area contributed by atoms with E-state index in [0.717, 1.165) is 28.4 Å². The molecular weight excluding hydrogens is 246 g/mol. The molecule has 0 atom stereocenters. The van der Waals surface area contributed by atoms with Gasteiger partial charge in [0.05, 0.1) is 4.92 Å². The predicted octanol–water partition coefficient (Wildman–Crippen LogP) is 3.48. The van der Waals surface area contributed by atoms with E-state index in [1.165, 1.54) is 0 Å². The molecule has 0 aliphatic rings. The van der Waals surface area contributed by atoms with Crippen LogP contribution in [-0.2, 0) is 12.8 Å². The van der Waals surface area contributed by atoms with Gasteiger partial charge >= 0.3 is 0 Å². The van der Waals surface area contributed by atoms with E-state index in [2.05, 4.69) is 15.9 Å². The maximum atomic E-state index is 10.6. The molecule has 0 amide bonds. The average Bonchev–Trinajstić information content (AvgIpc) is 2.17. The number of aryl methyl sites for hydroxylation is 2. The molecule has 0 unspecified atom stereocenters. The molecule has 0 heterocycles. The van der Waals surface area contributed by atoms with Crippen molar-refractivity contribution >= 4 is 21.6 Å². The molecule has 76 valence electrons. The number of nitro groups is 1. The van der Waals surface area contributed by atoms with Gasteiger partial charge in [0, 0.05) is 16.6 Å². The number of rotatable bonds is 3. The van der Waals surface area contributed by atoms with E-state index >= 15 is 0 Å². The fourth-order valence-electron chi connectivity index (χ4n) is 1.35. The van der Waals surface area contributed by atoms with E-state index in [4.69, 9.17) is 0 Å². The Bertz CT molecular complexity index is 338. The fourth-order valence-corrected chi connectivity index (χ4v) is 2.14. The number of nitrogens with zero attached hydrogens (tertiary/aromatic N) is 1. The monoisotopic (exact) mass is 257 g/mol. The Kier molecular flexibility index (Phi) is 3.63. The standard InChI is InChI=1S/C10H12BrNO2/c1-3-7-5-9(12(13)14)6-8(4-2)10(7)11/h5-6H,3-4H2,1-2H3. The van der Waals surface area contributed by atoms with E-state index in [9.17, 15) is 10.1 Å². The van der Waals surface area contributed by atoms with Crippen LogP contribution in [0.5, 0.6) is 0 Å². The highest BCUT2D eigenvalue weighted by Gasteiger charge is 2.12. The summed E-state index contributed by atoms with van der Waals surface area (Å²) in [6.45, 7) is 3.98. The Hall–Kier alpha value is -0.900. The van der Waals surface area contributed by atoms with Crippen LogP contribution in [0.3, 0.4) is 0 Å². The van der Waals surface area contributed by atoms with Gasteiger partial charge in [-0.3, -0.25) is 10.1 Å². The highest BCUT2D eigenvalue weighted by molar-refractivity contribution is 9.10. The number of hydrogen-bond acceptors (Lipinski definition) is 2. The Morgan fingerprint density at radius 2 is 1.71 bits per heavy atom. The summed E-state index contributed by atoms with van der Waals surface area (Å²) >= 11 is 3.46. The summed E-state index contributed by atoms with van der Waals surface area (Å²) < 4.78 is 1.01. The molecule has 0 saturated carbocycles. The van der Waals surface area contributed by atoms with Crippen LogP contribution >= 0.6 is 15.9 Å². The number of halogens is 1. The van der Waals surface area contributed by atoms with E-state index in [0.29, 0.717) is 0 Å². The van der Waals surface area contributed by atoms with Gasteiger partial charge in [-0.1, -0.05) is 29.8 Å². The Balaban J connectivity index is 3.32. The molecule has 1 rings (SSSR count). The summed E-state index contributed by atoms with van der Waals surface area (Å²) in [7, 11) is 0. The molecule has 0 radical (unpaired) electrons. The quantitative estimate of drug-likeness (QED) is 0.615. The first kappa shape index (κ1) is 11.2. The highest BCUT2D eigenvalue weighted by Crippen LogP contribution is 2.28. The number of hydrogen-bond donors (Lipinski definition) is 0. The Labute approximate surface area is 91.4 Å². The zero-order chi connectivity index (χ0) is 10.7. The first-order chi connectivity index (χ1) is 6.60. The van der Waals surface area contributed by atoms with Gasteiger partial charge in [-0.2, -0.15) is 0 Å². The summed E-state index contributed by atoms with van der Waals surface area (Å²) in [5.41, 5.74) is 2.18. The second kappa shape index (κ2) is 4.55. The van der Waals surface area contributed by atoms with Crippen LogP contribution in [0.1, 0.15) is 25.0 Å². The van der Waals surface area contributed by atoms with Crippen LogP contribution in [0.4, 0.5) is 5.69 Å². The van der Waals surface area contributed by atoms with Gasteiger partial charge in [0.25, 0.3) is 5.69 Å². The molecule has 4 heteroatoms. The molecule has 0 saturated heterocycles. The summed E-state index contributed by atoms with van der Waals surface area (Å²) in [5.74, 6) is 0. The summed E-state index contributed by atoms with van der Waals surface area (Å²) in [6.07, 6.45) is 1.60. The van der Waals surface area contributed by atoms with Crippen LogP contribution in [0.25, 0.3) is 0 Å². The third-order valence-corrected chi connectivity index (χ3v) is 3.20. The first-order valence-corrected chi connectivity index (χ1v) is 5.35. The lowest BCUT2D eigenvalue weighted by Gasteiger charge is -2.06. The maximum Gasteiger partial charge on any atom is 0.270 e. The Morgan fingerprint density at radius 1 is 1.29 bits per heavy atom. The number of nitro benzene ring substituents is 1. The third kappa shape index (κ3) is 2.12. The van der Waals surface area contributed by atoms with Crippen LogP contribution < -0.4 is 0 Å². The molecule has 0 aliphatic heterocycles. The minimum Gasteiger partial charge on any atom is -0.258 e. The molecule has 0 bridgehead atoms. The molecule has 0 aromatic heterocycles. The van der Waals surface area contributed by atoms with Crippen molar-refractivity contribution in [3.8, 4) is 0 Å². The van der Waals surface area contributed by atoms with E-state index in [1.807, 2.05) is 13.8 Å². The van der Waals surface area contributed by atoms with Crippen molar-refractivity contribution in [3.63, 3.8) is 0 Å². The van der Waals surface area contributed by atoms with Gasteiger partial charge in [0.15, 0.2) is 0 Å². The second-order valence-corrected chi connectivity index (χ2v) is 3.84. The van der Waals surface area contributed by atoms with Crippen molar-refractivity contribution in [1.82, 2.24) is 0 Å². The zero-order valence-electron chi connectivity index (χ0n) is 8.21. The van der Waals surface area contributed by atoms with Gasteiger partial charge in [-0.25, -0.2) is 0 Å². The topological polar surface area (TPSA) is 43.1 Å². The summed E-state index contributed by atoms with van der Waals surface area (Å²) in [4.78, 5) is 10.3. The molecule has 0 aliphatic carbocycles. The van der Waals surface area contributed by atoms with Crippen LogP contribution in [0, 0.1) is 10.1 Å². The second-order valence-electron chi connectivity index (χ2n) is 3.04. The van der Waals surface area contributed by atoms with Gasteiger partial charge in [-0.05, 0) is 24.0 Å². The molecule has 14 heavy (non-hydrogen) atoms. The molecule has 0 N–H and O–H groups in total. The van der Waals surface area contributed by atoms with Crippen molar-refractivity contribution in [3.05, 3.63) is 37.8 Å². The first-order valence-electron chi connectivity index (χ1n) is 4.55. The van der Waals surface area contributed by atoms with E-state index in [-0.39, 0.29) is 10.6 Å². The minimum atomic E-state index is -0.343. The largest absolute Gasteiger partial charge is 0.270 e. The smallest absolute Gasteiger partial charge is 0.258 e. The molecule has 1 aromatic rings. The normalized spacial score (nSPS) is 10.2. The molecule has 3 nitrogen and oxygen atoms in total. The predicted molar refractivity (Wildman–Crippen MR) is 59.6 cm³/mol. The Morgan fingerprint density at radius 3 is 2.00 bits per heavy atom. The van der Waals surface area contributed by atoms with Crippen molar-refractivity contribution in [2.45, 2.75) is 26.7 Å². The molecular formula is C10H12BrNO2. The van der Waals surface area contributed by atoms with Crippen molar-refractivity contribution < 1.29 is 4.92 Å². The lowest BCUT2D eigenvalue weighted by Crippen LogP contribution is -1.95. The maximum absolute atomic E-state index is 10.6. The molecule has 0 spiro atoms. The van der Waals surface area contributed by atoms with E-state index in [1.54, 1.807) is 12.1 Å². The highest BCUT2D eigenvalue weighted by atomic mass is 79.9. The summed E-state index contributed by atoms with van der Waals surface area (Å²) in [6, 6.07) is 3.26. The fraction of sp³-hybridized carbons (Fsp3) is 0.400. The van der Waals surface area contributed by atoms with Crippen molar-refractivity contribution in [2.75, 3.05) is 0 Å². The SMILES string of the molecule is CCc1cc([N+](=O)[O-])cc(CC)c1Br.